The maximum atomic E-state index is 13.0. The van der Waals surface area contributed by atoms with Gasteiger partial charge < -0.3 is 26.0 Å². The van der Waals surface area contributed by atoms with Gasteiger partial charge in [-0.15, -0.1) is 0 Å². The molecule has 0 aliphatic carbocycles. The number of piperidine rings is 1. The van der Waals surface area contributed by atoms with E-state index in [0.29, 0.717) is 48.2 Å². The number of imidazole rings is 1. The van der Waals surface area contributed by atoms with Crippen LogP contribution in [0.15, 0.2) is 36.2 Å². The van der Waals surface area contributed by atoms with Crippen LogP contribution in [-0.2, 0) is 4.79 Å². The molecular formula is C27H30ClF3N8O3. The summed E-state index contributed by atoms with van der Waals surface area (Å²) in [6.45, 7) is 2.94. The highest BCUT2D eigenvalue weighted by atomic mass is 35.5. The van der Waals surface area contributed by atoms with Gasteiger partial charge in [-0.1, -0.05) is 18.5 Å². The Bertz CT molecular complexity index is 1570. The van der Waals surface area contributed by atoms with Crippen molar-refractivity contribution in [2.24, 2.45) is 0 Å². The number of amidine groups is 1. The van der Waals surface area contributed by atoms with Crippen molar-refractivity contribution < 1.29 is 27.5 Å². The largest absolute Gasteiger partial charge is 0.496 e. The molecular weight excluding hydrogens is 577 g/mol. The molecule has 3 aromatic rings. The van der Waals surface area contributed by atoms with E-state index < -0.39 is 23.6 Å². The van der Waals surface area contributed by atoms with Crippen LogP contribution in [0.3, 0.4) is 0 Å². The number of nitrogen functional groups attached to an aromatic ring is 1. The fourth-order valence-electron chi connectivity index (χ4n) is 4.93. The van der Waals surface area contributed by atoms with Gasteiger partial charge in [-0.05, 0) is 31.0 Å². The van der Waals surface area contributed by atoms with Crippen LogP contribution < -0.4 is 21.1 Å². The number of nitrogens with zero attached hydrogens (tertiary/aromatic N) is 4. The number of amides is 2. The average Bonchev–Trinajstić information content (AvgIpc) is 3.38. The highest BCUT2D eigenvalue weighted by molar-refractivity contribution is 6.30. The number of carbonyl (C=O) groups is 2. The Morgan fingerprint density at radius 2 is 2.07 bits per heavy atom. The monoisotopic (exact) mass is 606 g/mol. The second-order valence-electron chi connectivity index (χ2n) is 9.59. The van der Waals surface area contributed by atoms with E-state index in [9.17, 15) is 22.8 Å². The number of hydrogen-bond donors (Lipinski definition) is 4. The number of benzene rings is 1. The number of allylic oxidation sites excluding steroid dienone is 1. The maximum absolute atomic E-state index is 13.0. The first-order valence-electron chi connectivity index (χ1n) is 13.0. The van der Waals surface area contributed by atoms with E-state index in [-0.39, 0.29) is 34.1 Å². The van der Waals surface area contributed by atoms with Crippen molar-refractivity contribution in [1.29, 1.82) is 5.41 Å². The van der Waals surface area contributed by atoms with Crippen molar-refractivity contribution in [3.63, 3.8) is 0 Å². The molecule has 224 valence electrons. The molecule has 0 spiro atoms. The summed E-state index contributed by atoms with van der Waals surface area (Å²) in [5, 5.41) is 12.2. The van der Waals surface area contributed by atoms with Crippen molar-refractivity contribution in [2.75, 3.05) is 33.0 Å². The molecule has 0 bridgehead atoms. The fourth-order valence-corrected chi connectivity index (χ4v) is 5.15. The van der Waals surface area contributed by atoms with Crippen molar-refractivity contribution in [3.05, 3.63) is 52.7 Å². The molecule has 1 fully saturated rings. The van der Waals surface area contributed by atoms with E-state index in [0.717, 1.165) is 19.9 Å². The van der Waals surface area contributed by atoms with Crippen LogP contribution in [-0.4, -0.2) is 70.3 Å². The molecule has 11 nitrogen and oxygen atoms in total. The summed E-state index contributed by atoms with van der Waals surface area (Å²) in [6, 6.07) is 4.36. The van der Waals surface area contributed by atoms with Crippen LogP contribution in [0, 0.1) is 5.41 Å². The van der Waals surface area contributed by atoms with Gasteiger partial charge in [-0.3, -0.25) is 19.4 Å². The number of fused-ring (bicyclic) bond motifs is 1. The lowest BCUT2D eigenvalue weighted by Crippen LogP contribution is -2.39. The van der Waals surface area contributed by atoms with Crippen molar-refractivity contribution in [1.82, 2.24) is 29.9 Å². The van der Waals surface area contributed by atoms with Crippen molar-refractivity contribution in [3.8, 4) is 17.0 Å². The topological polar surface area (TPSA) is 151 Å². The zero-order chi connectivity index (χ0) is 30.8. The predicted octanol–water partition coefficient (Wildman–Crippen LogP) is 4.13. The number of anilines is 1. The maximum Gasteiger partial charge on any atom is 0.431 e. The van der Waals surface area contributed by atoms with Crippen LogP contribution >= 0.6 is 11.6 Å². The molecule has 1 aliphatic heterocycles. The summed E-state index contributed by atoms with van der Waals surface area (Å²) in [4.78, 5) is 36.1. The number of halogens is 4. The zero-order valence-corrected chi connectivity index (χ0v) is 23.9. The second-order valence-corrected chi connectivity index (χ2v) is 9.98. The Morgan fingerprint density at radius 3 is 2.71 bits per heavy atom. The number of likely N-dealkylation sites (tertiary alicyclic amines) is 1. The number of ether oxygens (including phenoxy) is 1. The van der Waals surface area contributed by atoms with Gasteiger partial charge >= 0.3 is 6.18 Å². The third-order valence-corrected chi connectivity index (χ3v) is 7.21. The minimum absolute atomic E-state index is 0.0284. The first kappa shape index (κ1) is 30.6. The molecule has 0 radical (unpaired) electrons. The SMILES string of the molecule is CCC(=O)N1CCCC(c2nc(-c3ccc(C(=O)NC(=N)/C=C(\NC)C(F)(F)F)cc3OC)c3c(N)ncc(Cl)n23)C1. The Hall–Kier alpha value is -4.33. The van der Waals surface area contributed by atoms with Gasteiger partial charge in [-0.25, -0.2) is 9.97 Å². The summed E-state index contributed by atoms with van der Waals surface area (Å²) in [5.74, 6) is -0.696. The molecule has 42 heavy (non-hydrogen) atoms. The minimum Gasteiger partial charge on any atom is -0.496 e. The molecule has 1 aliphatic rings. The molecule has 1 saturated heterocycles. The number of nitrogens with two attached hydrogens (primary N) is 1. The smallest absolute Gasteiger partial charge is 0.431 e. The summed E-state index contributed by atoms with van der Waals surface area (Å²) >= 11 is 6.58. The third-order valence-electron chi connectivity index (χ3n) is 6.94. The van der Waals surface area contributed by atoms with Gasteiger partial charge in [0.2, 0.25) is 5.91 Å². The van der Waals surface area contributed by atoms with E-state index in [4.69, 9.17) is 32.5 Å². The highest BCUT2D eigenvalue weighted by Crippen LogP contribution is 2.39. The van der Waals surface area contributed by atoms with Gasteiger partial charge in [0.05, 0.1) is 13.3 Å². The Balaban J connectivity index is 1.73. The number of rotatable bonds is 7. The van der Waals surface area contributed by atoms with Crippen molar-refractivity contribution in [2.45, 2.75) is 38.3 Å². The molecule has 5 N–H and O–H groups in total. The van der Waals surface area contributed by atoms with E-state index in [1.165, 1.54) is 25.4 Å². The number of methoxy groups -OCH3 is 1. The average molecular weight is 607 g/mol. The van der Waals surface area contributed by atoms with E-state index in [1.807, 2.05) is 17.1 Å². The van der Waals surface area contributed by atoms with E-state index in [1.54, 1.807) is 10.5 Å². The van der Waals surface area contributed by atoms with E-state index >= 15 is 0 Å². The number of nitrogens with one attached hydrogen (secondary N) is 3. The van der Waals surface area contributed by atoms with Gasteiger partial charge in [0.15, 0.2) is 0 Å². The summed E-state index contributed by atoms with van der Waals surface area (Å²) in [7, 11) is 2.45. The molecule has 1 unspecified atom stereocenters. The van der Waals surface area contributed by atoms with Gasteiger partial charge in [-0.2, -0.15) is 13.2 Å². The molecule has 4 rings (SSSR count). The second kappa shape index (κ2) is 12.3. The molecule has 1 atom stereocenters. The summed E-state index contributed by atoms with van der Waals surface area (Å²) in [6.07, 6.45) is -0.876. The quantitative estimate of drug-likeness (QED) is 0.233. The van der Waals surface area contributed by atoms with Gasteiger partial charge in [0, 0.05) is 49.7 Å². The summed E-state index contributed by atoms with van der Waals surface area (Å²) < 4.78 is 46.3. The standard InChI is InChI=1S/C27H30ClF3N8O3/c1-4-21(40)38-9-5-6-15(13-38)25-37-22(23-24(33)35-12-19(28)39(23)25)16-8-7-14(10-17(16)42-3)26(41)36-20(32)11-18(34-2)27(29,30)31/h7-8,10-12,15,34H,4-6,9,13H2,1-3H3,(H2,33,35)(H2,32,36,41)/b18-11-. The summed E-state index contributed by atoms with van der Waals surface area (Å²) in [5.41, 5.74) is 6.40. The minimum atomic E-state index is -4.72. The molecule has 1 aromatic carbocycles. The Kier molecular flexibility index (Phi) is 8.95. The first-order valence-corrected chi connectivity index (χ1v) is 13.4. The number of aromatic nitrogens is 3. The van der Waals surface area contributed by atoms with Gasteiger partial charge in [0.25, 0.3) is 5.91 Å². The molecule has 3 heterocycles. The third kappa shape index (κ3) is 6.12. The van der Waals surface area contributed by atoms with Crippen LogP contribution in [0.4, 0.5) is 19.0 Å². The lowest BCUT2D eigenvalue weighted by Gasteiger charge is -2.32. The first-order chi connectivity index (χ1) is 19.9. The van der Waals surface area contributed by atoms with Crippen molar-refractivity contribution >= 4 is 40.6 Å². The molecule has 15 heteroatoms. The normalized spacial score (nSPS) is 15.9. The number of carbonyl (C=O) groups excluding carboxylic acids is 2. The van der Waals surface area contributed by atoms with Crippen LogP contribution in [0.1, 0.15) is 48.3 Å². The molecule has 2 amide bonds. The fraction of sp³-hybridized carbons (Fsp3) is 0.370. The van der Waals surface area contributed by atoms with Crippen LogP contribution in [0.2, 0.25) is 5.15 Å². The van der Waals surface area contributed by atoms with Crippen LogP contribution in [0.25, 0.3) is 16.8 Å². The lowest BCUT2D eigenvalue weighted by molar-refractivity contribution is -0.132. The zero-order valence-electron chi connectivity index (χ0n) is 23.1. The lowest BCUT2D eigenvalue weighted by atomic mass is 9.97. The molecule has 0 saturated carbocycles. The van der Waals surface area contributed by atoms with E-state index in [2.05, 4.69) is 10.3 Å². The number of hydrogen-bond acceptors (Lipinski definition) is 8. The Labute approximate surface area is 244 Å². The predicted molar refractivity (Wildman–Crippen MR) is 152 cm³/mol. The van der Waals surface area contributed by atoms with Gasteiger partial charge in [0.1, 0.15) is 45.3 Å². The Morgan fingerprint density at radius 1 is 1.33 bits per heavy atom. The van der Waals surface area contributed by atoms with Crippen LogP contribution in [0.5, 0.6) is 5.75 Å². The number of alkyl halides is 3. The molecule has 2 aromatic heterocycles. The highest BCUT2D eigenvalue weighted by Gasteiger charge is 2.33.